The van der Waals surface area contributed by atoms with Crippen molar-refractivity contribution >= 4 is 16.8 Å². The van der Waals surface area contributed by atoms with Crippen LogP contribution < -0.4 is 5.32 Å². The zero-order valence-electron chi connectivity index (χ0n) is 19.2. The monoisotopic (exact) mass is 433 g/mol. The maximum absolute atomic E-state index is 13.4. The molecule has 0 spiro atoms. The van der Waals surface area contributed by atoms with Crippen molar-refractivity contribution in [3.8, 4) is 0 Å². The van der Waals surface area contributed by atoms with Gasteiger partial charge in [-0.2, -0.15) is 5.10 Å². The van der Waals surface area contributed by atoms with Gasteiger partial charge in [0.25, 0.3) is 5.91 Å². The first-order valence-electron chi connectivity index (χ1n) is 12.4. The van der Waals surface area contributed by atoms with E-state index in [0.717, 1.165) is 64.7 Å². The average molecular weight is 434 g/mol. The summed E-state index contributed by atoms with van der Waals surface area (Å²) in [5, 5.41) is 9.89. The second-order valence-corrected chi connectivity index (χ2v) is 9.30. The van der Waals surface area contributed by atoms with E-state index in [2.05, 4.69) is 52.4 Å². The van der Waals surface area contributed by atoms with E-state index in [-0.39, 0.29) is 5.91 Å². The van der Waals surface area contributed by atoms with E-state index in [1.807, 2.05) is 4.90 Å². The molecular weight excluding hydrogens is 398 g/mol. The van der Waals surface area contributed by atoms with Gasteiger partial charge in [0.1, 0.15) is 0 Å². The molecule has 1 unspecified atom stereocenters. The van der Waals surface area contributed by atoms with Crippen molar-refractivity contribution in [2.75, 3.05) is 19.6 Å². The van der Waals surface area contributed by atoms with Crippen molar-refractivity contribution < 1.29 is 4.79 Å². The molecular formula is C26H35N5O. The standard InChI is InChI=1S/C26H35N5O/c1-2-31-24-12-11-20(27-14-13-19-18-28-23-10-6-5-9-21(19)23)17-22(24)25(29-31)26(32)30-15-7-3-4-8-16-30/h5-6,9-10,18,20,27-28H,2-4,7-8,11-17H2,1H3. The van der Waals surface area contributed by atoms with Crippen LogP contribution in [0.15, 0.2) is 30.5 Å². The van der Waals surface area contributed by atoms with Crippen molar-refractivity contribution in [1.29, 1.82) is 0 Å². The Morgan fingerprint density at radius 2 is 2.00 bits per heavy atom. The fraction of sp³-hybridized carbons (Fsp3) is 0.538. The molecule has 32 heavy (non-hydrogen) atoms. The van der Waals surface area contributed by atoms with Crippen LogP contribution in [-0.4, -0.2) is 51.2 Å². The molecule has 1 aromatic carbocycles. The number of para-hydroxylation sites is 1. The highest BCUT2D eigenvalue weighted by atomic mass is 16.2. The highest BCUT2D eigenvalue weighted by Crippen LogP contribution is 2.27. The highest BCUT2D eigenvalue weighted by molar-refractivity contribution is 5.94. The number of nitrogens with one attached hydrogen (secondary N) is 2. The fourth-order valence-corrected chi connectivity index (χ4v) is 5.47. The number of carbonyl (C=O) groups excluding carboxylic acids is 1. The Bertz CT molecular complexity index is 1070. The molecule has 3 heterocycles. The SMILES string of the molecule is CCn1nc(C(=O)N2CCCCCC2)c2c1CCC(NCCc1c[nH]c3ccccc13)C2. The number of nitrogens with zero attached hydrogens (tertiary/aromatic N) is 3. The summed E-state index contributed by atoms with van der Waals surface area (Å²) in [6.07, 6.45) is 10.8. The molecule has 6 heteroatoms. The average Bonchev–Trinajstić information content (AvgIpc) is 3.28. The minimum atomic E-state index is 0.148. The first kappa shape index (κ1) is 21.3. The molecule has 1 fully saturated rings. The van der Waals surface area contributed by atoms with Crippen LogP contribution in [0.3, 0.4) is 0 Å². The first-order chi connectivity index (χ1) is 15.7. The number of aryl methyl sites for hydroxylation is 1. The lowest BCUT2D eigenvalue weighted by Crippen LogP contribution is -2.37. The largest absolute Gasteiger partial charge is 0.361 e. The molecule has 1 aliphatic carbocycles. The van der Waals surface area contributed by atoms with Gasteiger partial charge >= 0.3 is 0 Å². The summed E-state index contributed by atoms with van der Waals surface area (Å²) in [5.41, 5.74) is 5.75. The molecule has 2 N–H and O–H groups in total. The van der Waals surface area contributed by atoms with Crippen LogP contribution in [0.25, 0.3) is 10.9 Å². The Balaban J connectivity index is 1.27. The molecule has 5 rings (SSSR count). The summed E-state index contributed by atoms with van der Waals surface area (Å²) in [4.78, 5) is 18.8. The molecule has 0 saturated carbocycles. The van der Waals surface area contributed by atoms with Crippen LogP contribution in [0.1, 0.15) is 66.3 Å². The minimum absolute atomic E-state index is 0.148. The summed E-state index contributed by atoms with van der Waals surface area (Å²) in [6, 6.07) is 8.89. The quantitative estimate of drug-likeness (QED) is 0.615. The third-order valence-electron chi connectivity index (χ3n) is 7.24. The Hall–Kier alpha value is -2.60. The normalized spacial score (nSPS) is 19.2. The number of fused-ring (bicyclic) bond motifs is 2. The Labute approximate surface area is 190 Å². The molecule has 2 aliphatic rings. The van der Waals surface area contributed by atoms with Gasteiger partial charge in [0.15, 0.2) is 5.69 Å². The minimum Gasteiger partial charge on any atom is -0.361 e. The molecule has 1 atom stereocenters. The number of aromatic nitrogens is 3. The van der Waals surface area contributed by atoms with E-state index in [1.54, 1.807) is 0 Å². The van der Waals surface area contributed by atoms with Crippen LogP contribution >= 0.6 is 0 Å². The predicted molar refractivity (Wildman–Crippen MR) is 128 cm³/mol. The lowest BCUT2D eigenvalue weighted by atomic mass is 9.91. The number of amides is 1. The molecule has 0 radical (unpaired) electrons. The van der Waals surface area contributed by atoms with Crippen molar-refractivity contribution in [3.63, 3.8) is 0 Å². The van der Waals surface area contributed by atoms with Crippen LogP contribution in [-0.2, 0) is 25.8 Å². The van der Waals surface area contributed by atoms with Gasteiger partial charge in [-0.3, -0.25) is 9.48 Å². The maximum Gasteiger partial charge on any atom is 0.274 e. The van der Waals surface area contributed by atoms with Gasteiger partial charge in [-0.15, -0.1) is 0 Å². The zero-order chi connectivity index (χ0) is 21.9. The number of benzene rings is 1. The number of rotatable bonds is 6. The van der Waals surface area contributed by atoms with E-state index < -0.39 is 0 Å². The topological polar surface area (TPSA) is 66.0 Å². The number of H-pyrrole nitrogens is 1. The van der Waals surface area contributed by atoms with Crippen LogP contribution in [0.5, 0.6) is 0 Å². The number of aromatic amines is 1. The van der Waals surface area contributed by atoms with Gasteiger partial charge < -0.3 is 15.2 Å². The number of likely N-dealkylation sites (tertiary alicyclic amines) is 1. The van der Waals surface area contributed by atoms with Gasteiger partial charge in [0.05, 0.1) is 0 Å². The van der Waals surface area contributed by atoms with E-state index in [4.69, 9.17) is 5.10 Å². The first-order valence-corrected chi connectivity index (χ1v) is 12.4. The Kier molecular flexibility index (Phi) is 6.30. The van der Waals surface area contributed by atoms with E-state index in [9.17, 15) is 4.79 Å². The summed E-state index contributed by atoms with van der Waals surface area (Å²) in [7, 11) is 0. The van der Waals surface area contributed by atoms with Crippen molar-refractivity contribution in [2.45, 2.75) is 70.9 Å². The van der Waals surface area contributed by atoms with Crippen molar-refractivity contribution in [1.82, 2.24) is 25.0 Å². The van der Waals surface area contributed by atoms with Gasteiger partial charge in [-0.1, -0.05) is 31.0 Å². The summed E-state index contributed by atoms with van der Waals surface area (Å²) in [6.45, 7) is 5.64. The van der Waals surface area contributed by atoms with Gasteiger partial charge in [-0.05, 0) is 63.6 Å². The predicted octanol–water partition coefficient (Wildman–Crippen LogP) is 4.09. The van der Waals surface area contributed by atoms with Gasteiger partial charge in [0.2, 0.25) is 0 Å². The summed E-state index contributed by atoms with van der Waals surface area (Å²) < 4.78 is 2.07. The third kappa shape index (κ3) is 4.20. The Morgan fingerprint density at radius 3 is 2.81 bits per heavy atom. The zero-order valence-corrected chi connectivity index (χ0v) is 19.2. The van der Waals surface area contributed by atoms with Crippen molar-refractivity contribution in [2.24, 2.45) is 0 Å². The molecule has 2 aromatic heterocycles. The van der Waals surface area contributed by atoms with E-state index in [0.29, 0.717) is 11.7 Å². The van der Waals surface area contributed by atoms with Crippen molar-refractivity contribution in [3.05, 3.63) is 53.0 Å². The lowest BCUT2D eigenvalue weighted by molar-refractivity contribution is 0.0753. The molecule has 1 amide bonds. The second-order valence-electron chi connectivity index (χ2n) is 9.30. The van der Waals surface area contributed by atoms with E-state index >= 15 is 0 Å². The Morgan fingerprint density at radius 1 is 1.19 bits per heavy atom. The van der Waals surface area contributed by atoms with Gasteiger partial charge in [0, 0.05) is 54.0 Å². The van der Waals surface area contributed by atoms with Crippen LogP contribution in [0.4, 0.5) is 0 Å². The number of hydrogen-bond acceptors (Lipinski definition) is 3. The molecule has 1 aliphatic heterocycles. The summed E-state index contributed by atoms with van der Waals surface area (Å²) in [5.74, 6) is 0.148. The maximum atomic E-state index is 13.4. The second kappa shape index (κ2) is 9.49. The smallest absolute Gasteiger partial charge is 0.274 e. The molecule has 170 valence electrons. The lowest BCUT2D eigenvalue weighted by Gasteiger charge is -2.25. The number of carbonyl (C=O) groups is 1. The molecule has 1 saturated heterocycles. The number of hydrogen-bond donors (Lipinski definition) is 2. The summed E-state index contributed by atoms with van der Waals surface area (Å²) >= 11 is 0. The third-order valence-corrected chi connectivity index (χ3v) is 7.24. The van der Waals surface area contributed by atoms with Crippen LogP contribution in [0, 0.1) is 0 Å². The van der Waals surface area contributed by atoms with Gasteiger partial charge in [-0.25, -0.2) is 0 Å². The van der Waals surface area contributed by atoms with Crippen LogP contribution in [0.2, 0.25) is 0 Å². The molecule has 3 aromatic rings. The fourth-order valence-electron chi connectivity index (χ4n) is 5.47. The van der Waals surface area contributed by atoms with E-state index in [1.165, 1.54) is 40.6 Å². The molecule has 6 nitrogen and oxygen atoms in total. The highest BCUT2D eigenvalue weighted by Gasteiger charge is 2.31. The molecule has 0 bridgehead atoms.